The Balaban J connectivity index is 0.000000461. The molecule has 0 aromatic carbocycles. The Morgan fingerprint density at radius 2 is 2.18 bits per heavy atom. The Kier molecular flexibility index (Phi) is 5.33. The van der Waals surface area contributed by atoms with Gasteiger partial charge in [0.05, 0.1) is 6.54 Å². The van der Waals surface area contributed by atoms with Gasteiger partial charge in [-0.25, -0.2) is 14.1 Å². The predicted molar refractivity (Wildman–Crippen MR) is 42.1 cm³/mol. The van der Waals surface area contributed by atoms with Crippen molar-refractivity contribution in [2.45, 2.75) is 27.3 Å². The molecule has 0 spiro atoms. The second kappa shape index (κ2) is 5.82. The summed E-state index contributed by atoms with van der Waals surface area (Å²) < 4.78 is 13.2. The molecular weight excluding hydrogens is 145 g/mol. The molecule has 0 bridgehead atoms. The number of aryl methyl sites for hydroxylation is 2. The number of aromatic nitrogens is 3. The van der Waals surface area contributed by atoms with E-state index in [4.69, 9.17) is 0 Å². The van der Waals surface area contributed by atoms with E-state index in [1.54, 1.807) is 6.92 Å². The molecule has 0 radical (unpaired) electrons. The van der Waals surface area contributed by atoms with Crippen molar-refractivity contribution in [3.05, 3.63) is 12.2 Å². The van der Waals surface area contributed by atoms with Gasteiger partial charge in [0.25, 0.3) is 0 Å². The minimum atomic E-state index is -0.385. The van der Waals surface area contributed by atoms with Crippen LogP contribution in [0.4, 0.5) is 4.39 Å². The molecular formula is C7H14FN3. The molecule has 1 aromatic heterocycles. The van der Waals surface area contributed by atoms with E-state index in [0.717, 1.165) is 5.82 Å². The van der Waals surface area contributed by atoms with Gasteiger partial charge in [-0.3, -0.25) is 0 Å². The van der Waals surface area contributed by atoms with Crippen LogP contribution in [0.5, 0.6) is 0 Å². The number of halogens is 1. The topological polar surface area (TPSA) is 30.7 Å². The zero-order valence-electron chi connectivity index (χ0n) is 7.21. The van der Waals surface area contributed by atoms with Gasteiger partial charge in [0.1, 0.15) is 18.8 Å². The minimum absolute atomic E-state index is 0.311. The minimum Gasteiger partial charge on any atom is -0.249 e. The van der Waals surface area contributed by atoms with Crippen LogP contribution in [-0.2, 0) is 6.54 Å². The fraction of sp³-hybridized carbons (Fsp3) is 0.714. The molecule has 0 N–H and O–H groups in total. The fourth-order valence-corrected chi connectivity index (χ4v) is 0.622. The zero-order valence-corrected chi connectivity index (χ0v) is 7.21. The highest BCUT2D eigenvalue weighted by Gasteiger charge is 1.94. The largest absolute Gasteiger partial charge is 0.249 e. The van der Waals surface area contributed by atoms with Gasteiger partial charge in [0.15, 0.2) is 0 Å². The maximum absolute atomic E-state index is 11.6. The quantitative estimate of drug-likeness (QED) is 0.656. The van der Waals surface area contributed by atoms with Gasteiger partial charge in [-0.05, 0) is 6.92 Å². The highest BCUT2D eigenvalue weighted by atomic mass is 19.1. The number of hydrogen-bond donors (Lipinski definition) is 0. The van der Waals surface area contributed by atoms with E-state index in [1.807, 2.05) is 13.8 Å². The van der Waals surface area contributed by atoms with E-state index in [1.165, 1.54) is 11.0 Å². The van der Waals surface area contributed by atoms with Crippen molar-refractivity contribution in [3.8, 4) is 0 Å². The first-order valence-corrected chi connectivity index (χ1v) is 3.75. The van der Waals surface area contributed by atoms with E-state index < -0.39 is 0 Å². The lowest BCUT2D eigenvalue weighted by Crippen LogP contribution is -2.03. The molecule has 0 amide bonds. The second-order valence-corrected chi connectivity index (χ2v) is 1.72. The molecule has 11 heavy (non-hydrogen) atoms. The lowest BCUT2D eigenvalue weighted by molar-refractivity contribution is 0.422. The normalized spacial score (nSPS) is 8.73. The van der Waals surface area contributed by atoms with Crippen LogP contribution < -0.4 is 0 Å². The first-order chi connectivity index (χ1) is 5.34. The third-order valence-electron chi connectivity index (χ3n) is 1.11. The van der Waals surface area contributed by atoms with E-state index in [0.29, 0.717) is 6.54 Å². The lowest BCUT2D eigenvalue weighted by atomic mass is 10.6. The van der Waals surface area contributed by atoms with Crippen molar-refractivity contribution in [2.75, 3.05) is 6.67 Å². The van der Waals surface area contributed by atoms with Gasteiger partial charge in [0.2, 0.25) is 0 Å². The second-order valence-electron chi connectivity index (χ2n) is 1.72. The van der Waals surface area contributed by atoms with Gasteiger partial charge in [0, 0.05) is 0 Å². The van der Waals surface area contributed by atoms with Crippen LogP contribution in [-0.4, -0.2) is 21.4 Å². The van der Waals surface area contributed by atoms with Crippen LogP contribution >= 0.6 is 0 Å². The molecule has 1 aromatic rings. The number of nitrogens with zero attached hydrogens (tertiary/aromatic N) is 3. The van der Waals surface area contributed by atoms with E-state index in [2.05, 4.69) is 10.1 Å². The van der Waals surface area contributed by atoms with E-state index >= 15 is 0 Å². The first kappa shape index (κ1) is 10.1. The molecule has 0 aliphatic rings. The summed E-state index contributed by atoms with van der Waals surface area (Å²) in [6.45, 7) is 5.72. The van der Waals surface area contributed by atoms with Crippen LogP contribution in [0.2, 0.25) is 0 Å². The van der Waals surface area contributed by atoms with Crippen molar-refractivity contribution >= 4 is 0 Å². The summed E-state index contributed by atoms with van der Waals surface area (Å²) in [7, 11) is 0. The van der Waals surface area contributed by atoms with Gasteiger partial charge >= 0.3 is 0 Å². The average Bonchev–Trinajstić information content (AvgIpc) is 2.42. The van der Waals surface area contributed by atoms with Crippen LogP contribution in [0.25, 0.3) is 0 Å². The van der Waals surface area contributed by atoms with Gasteiger partial charge in [-0.15, -0.1) is 0 Å². The summed E-state index contributed by atoms with van der Waals surface area (Å²) in [5.41, 5.74) is 0. The van der Waals surface area contributed by atoms with Crippen LogP contribution in [0.1, 0.15) is 19.7 Å². The smallest absolute Gasteiger partial charge is 0.138 e. The highest BCUT2D eigenvalue weighted by Crippen LogP contribution is 1.89. The Bertz CT molecular complexity index is 186. The molecule has 0 saturated heterocycles. The Hall–Kier alpha value is -0.930. The summed E-state index contributed by atoms with van der Waals surface area (Å²) in [6.07, 6.45) is 1.42. The van der Waals surface area contributed by atoms with Gasteiger partial charge in [-0.1, -0.05) is 13.8 Å². The molecule has 0 atom stereocenters. The third kappa shape index (κ3) is 3.11. The van der Waals surface area contributed by atoms with E-state index in [9.17, 15) is 4.39 Å². The number of hydrogen-bond acceptors (Lipinski definition) is 2. The van der Waals surface area contributed by atoms with Crippen LogP contribution in [0.15, 0.2) is 6.33 Å². The molecule has 0 saturated carbocycles. The molecule has 0 unspecified atom stereocenters. The van der Waals surface area contributed by atoms with Gasteiger partial charge in [-0.2, -0.15) is 5.10 Å². The average molecular weight is 159 g/mol. The summed E-state index contributed by atoms with van der Waals surface area (Å²) in [4.78, 5) is 3.82. The first-order valence-electron chi connectivity index (χ1n) is 3.75. The van der Waals surface area contributed by atoms with Gasteiger partial charge < -0.3 is 0 Å². The third-order valence-corrected chi connectivity index (χ3v) is 1.11. The predicted octanol–water partition coefficient (Wildman–Crippen LogP) is 1.58. The SMILES string of the molecule is CC.Cc1ncnn1CCF. The lowest BCUT2D eigenvalue weighted by Gasteiger charge is -1.95. The Morgan fingerprint density at radius 3 is 2.55 bits per heavy atom. The van der Waals surface area contributed by atoms with Crippen molar-refractivity contribution in [1.82, 2.24) is 14.8 Å². The maximum Gasteiger partial charge on any atom is 0.138 e. The van der Waals surface area contributed by atoms with Crippen molar-refractivity contribution in [1.29, 1.82) is 0 Å². The van der Waals surface area contributed by atoms with Crippen LogP contribution in [0.3, 0.4) is 0 Å². The molecule has 0 fully saturated rings. The maximum atomic E-state index is 11.6. The standard InChI is InChI=1S/C5H8FN3.C2H6/c1-5-7-4-8-9(5)3-2-6;1-2/h4H,2-3H2,1H3;1-2H3. The van der Waals surface area contributed by atoms with Crippen molar-refractivity contribution in [3.63, 3.8) is 0 Å². The van der Waals surface area contributed by atoms with Crippen molar-refractivity contribution < 1.29 is 4.39 Å². The monoisotopic (exact) mass is 159 g/mol. The highest BCUT2D eigenvalue weighted by molar-refractivity contribution is 4.77. The fourth-order valence-electron chi connectivity index (χ4n) is 0.622. The molecule has 0 aliphatic heterocycles. The summed E-state index contributed by atoms with van der Waals surface area (Å²) in [5, 5.41) is 3.77. The Morgan fingerprint density at radius 1 is 1.55 bits per heavy atom. The molecule has 64 valence electrons. The molecule has 1 heterocycles. The zero-order chi connectivity index (χ0) is 8.69. The summed E-state index contributed by atoms with van der Waals surface area (Å²) >= 11 is 0. The van der Waals surface area contributed by atoms with E-state index in [-0.39, 0.29) is 6.67 Å². The molecule has 3 nitrogen and oxygen atoms in total. The Labute approximate surface area is 66.3 Å². The molecule has 4 heteroatoms. The van der Waals surface area contributed by atoms with Crippen molar-refractivity contribution in [2.24, 2.45) is 0 Å². The number of rotatable bonds is 2. The molecule has 0 aliphatic carbocycles. The summed E-state index contributed by atoms with van der Waals surface area (Å²) in [5.74, 6) is 0.757. The summed E-state index contributed by atoms with van der Waals surface area (Å²) in [6, 6.07) is 0. The van der Waals surface area contributed by atoms with Crippen LogP contribution in [0, 0.1) is 6.92 Å². The number of alkyl halides is 1. The molecule has 1 rings (SSSR count).